The van der Waals surface area contributed by atoms with Crippen LogP contribution in [0.5, 0.6) is 0 Å². The molecule has 0 bridgehead atoms. The molecule has 0 aliphatic heterocycles. The monoisotopic (exact) mass is 635 g/mol. The highest BCUT2D eigenvalue weighted by molar-refractivity contribution is 6.12. The second kappa shape index (κ2) is 11.4. The normalized spacial score (nSPS) is 11.1. The highest BCUT2D eigenvalue weighted by Gasteiger charge is 2.20. The number of fused-ring (bicyclic) bond motifs is 6. The van der Waals surface area contributed by atoms with Crippen LogP contribution in [-0.4, -0.2) is 9.13 Å². The Morgan fingerprint density at radius 1 is 0.400 bits per heavy atom. The van der Waals surface area contributed by atoms with Crippen LogP contribution >= 0.6 is 0 Å². The van der Waals surface area contributed by atoms with Crippen molar-refractivity contribution in [2.75, 3.05) is 0 Å². The molecule has 230 valence electrons. The van der Waals surface area contributed by atoms with E-state index in [1.54, 1.807) is 0 Å². The average molecular weight is 636 g/mol. The maximum Gasteiger partial charge on any atom is 0.101 e. The zero-order valence-corrected chi connectivity index (χ0v) is 26.7. The minimum atomic E-state index is 0.543. The van der Waals surface area contributed by atoms with Gasteiger partial charge in [0.1, 0.15) is 6.07 Å². The Bertz CT molecular complexity index is 2970. The molecule has 0 atom stereocenters. The molecule has 0 saturated carbocycles. The molecule has 2 heterocycles. The van der Waals surface area contributed by atoms with E-state index in [1.807, 2.05) is 91.0 Å². The van der Waals surface area contributed by atoms with Crippen molar-refractivity contribution in [3.63, 3.8) is 0 Å². The van der Waals surface area contributed by atoms with E-state index >= 15 is 0 Å². The lowest BCUT2D eigenvalue weighted by Crippen LogP contribution is -2.00. The number of hydrogen-bond donors (Lipinski definition) is 0. The summed E-state index contributed by atoms with van der Waals surface area (Å²) in [7, 11) is 0. The average Bonchev–Trinajstić information content (AvgIpc) is 3.70. The van der Waals surface area contributed by atoms with Gasteiger partial charge in [-0.25, -0.2) is 0 Å². The van der Waals surface area contributed by atoms with Gasteiger partial charge in [0.05, 0.1) is 56.6 Å². The Balaban J connectivity index is 1.30. The van der Waals surface area contributed by atoms with Gasteiger partial charge in [0.15, 0.2) is 0 Å². The minimum absolute atomic E-state index is 0.543. The molecule has 0 amide bonds. The zero-order valence-electron chi connectivity index (χ0n) is 26.7. The fourth-order valence-corrected chi connectivity index (χ4v) is 7.51. The molecule has 2 aromatic heterocycles. The predicted molar refractivity (Wildman–Crippen MR) is 200 cm³/mol. The first-order valence-corrected chi connectivity index (χ1v) is 16.3. The van der Waals surface area contributed by atoms with Crippen LogP contribution in [0.25, 0.3) is 77.2 Å². The van der Waals surface area contributed by atoms with Crippen molar-refractivity contribution in [1.82, 2.24) is 9.13 Å². The molecule has 7 aromatic carbocycles. The maximum absolute atomic E-state index is 10.3. The molecule has 0 fully saturated rings. The van der Waals surface area contributed by atoms with Crippen LogP contribution < -0.4 is 0 Å². The topological polar surface area (TPSA) is 81.2 Å². The van der Waals surface area contributed by atoms with Crippen molar-refractivity contribution in [1.29, 1.82) is 15.8 Å². The van der Waals surface area contributed by atoms with E-state index in [2.05, 4.69) is 88.0 Å². The van der Waals surface area contributed by atoms with Crippen LogP contribution in [0.4, 0.5) is 0 Å². The van der Waals surface area contributed by atoms with Crippen molar-refractivity contribution in [3.8, 4) is 51.8 Å². The lowest BCUT2D eigenvalue weighted by molar-refractivity contribution is 1.17. The number of aromatic nitrogens is 2. The Morgan fingerprint density at radius 2 is 1.02 bits per heavy atom. The van der Waals surface area contributed by atoms with E-state index in [1.165, 1.54) is 0 Å². The SMILES string of the molecule is N#Cc1cc(-c2ccccc2-c2ccccc2-n2c3ccccc3c3cccc(C#N)c32)cc(-n2c3ccccc3c3cc(C#N)ccc32)c1. The van der Waals surface area contributed by atoms with Gasteiger partial charge < -0.3 is 9.13 Å². The first-order valence-electron chi connectivity index (χ1n) is 16.3. The third-order valence-electron chi connectivity index (χ3n) is 9.60. The van der Waals surface area contributed by atoms with E-state index in [4.69, 9.17) is 0 Å². The number of rotatable bonds is 4. The van der Waals surface area contributed by atoms with E-state index in [0.717, 1.165) is 77.2 Å². The summed E-state index contributed by atoms with van der Waals surface area (Å²) in [4.78, 5) is 0. The molecule has 50 heavy (non-hydrogen) atoms. The van der Waals surface area contributed by atoms with Crippen molar-refractivity contribution in [3.05, 3.63) is 168 Å². The first-order chi connectivity index (χ1) is 24.7. The van der Waals surface area contributed by atoms with Crippen LogP contribution in [0.2, 0.25) is 0 Å². The van der Waals surface area contributed by atoms with Crippen LogP contribution in [0.15, 0.2) is 152 Å². The van der Waals surface area contributed by atoms with Gasteiger partial charge in [-0.1, -0.05) is 91.0 Å². The summed E-state index contributed by atoms with van der Waals surface area (Å²) in [6.07, 6.45) is 0. The minimum Gasteiger partial charge on any atom is -0.309 e. The zero-order chi connectivity index (χ0) is 33.8. The van der Waals surface area contributed by atoms with E-state index in [9.17, 15) is 15.8 Å². The predicted octanol–water partition coefficient (Wildman–Crippen LogP) is 10.8. The van der Waals surface area contributed by atoms with Crippen molar-refractivity contribution < 1.29 is 0 Å². The number of nitrogens with zero attached hydrogens (tertiary/aromatic N) is 5. The van der Waals surface area contributed by atoms with Gasteiger partial charge in [-0.2, -0.15) is 15.8 Å². The maximum atomic E-state index is 10.3. The van der Waals surface area contributed by atoms with Crippen LogP contribution in [-0.2, 0) is 0 Å². The third kappa shape index (κ3) is 4.31. The smallest absolute Gasteiger partial charge is 0.101 e. The highest BCUT2D eigenvalue weighted by Crippen LogP contribution is 2.41. The quantitative estimate of drug-likeness (QED) is 0.193. The highest BCUT2D eigenvalue weighted by atomic mass is 15.0. The second-order valence-electron chi connectivity index (χ2n) is 12.3. The molecule has 0 aliphatic carbocycles. The number of benzene rings is 7. The second-order valence-corrected chi connectivity index (χ2v) is 12.3. The molecule has 0 spiro atoms. The molecular weight excluding hydrogens is 611 g/mol. The fourth-order valence-electron chi connectivity index (χ4n) is 7.51. The van der Waals surface area contributed by atoms with E-state index in [0.29, 0.717) is 16.7 Å². The van der Waals surface area contributed by atoms with Crippen molar-refractivity contribution >= 4 is 43.6 Å². The van der Waals surface area contributed by atoms with Crippen LogP contribution in [0, 0.1) is 34.0 Å². The summed E-state index contributed by atoms with van der Waals surface area (Å²) in [5.41, 5.74) is 11.3. The number of hydrogen-bond acceptors (Lipinski definition) is 3. The van der Waals surface area contributed by atoms with Crippen molar-refractivity contribution in [2.45, 2.75) is 0 Å². The summed E-state index contributed by atoms with van der Waals surface area (Å²) >= 11 is 0. The fraction of sp³-hybridized carbons (Fsp3) is 0. The summed E-state index contributed by atoms with van der Waals surface area (Å²) in [5.74, 6) is 0. The van der Waals surface area contributed by atoms with Gasteiger partial charge in [-0.3, -0.25) is 0 Å². The van der Waals surface area contributed by atoms with E-state index in [-0.39, 0.29) is 0 Å². The summed E-state index contributed by atoms with van der Waals surface area (Å²) in [6.45, 7) is 0. The summed E-state index contributed by atoms with van der Waals surface area (Å²) < 4.78 is 4.38. The van der Waals surface area contributed by atoms with Gasteiger partial charge >= 0.3 is 0 Å². The number of nitriles is 3. The van der Waals surface area contributed by atoms with E-state index < -0.39 is 0 Å². The molecule has 0 unspecified atom stereocenters. The Kier molecular flexibility index (Phi) is 6.56. The Labute approximate surface area is 287 Å². The standard InChI is InChI=1S/C45H25N5/c46-26-29-20-21-44-40(24-29)38-15-5-6-17-41(38)49(44)33-23-30(27-47)22-32(25-33)34-11-1-2-12-35(34)36-13-3-7-18-42(36)50-43-19-8-4-14-37(43)39-16-9-10-31(28-48)45(39)50/h1-25H. The lowest BCUT2D eigenvalue weighted by atomic mass is 9.92. The third-order valence-corrected chi connectivity index (χ3v) is 9.60. The molecule has 0 radical (unpaired) electrons. The molecule has 5 heteroatoms. The summed E-state index contributed by atoms with van der Waals surface area (Å²) in [6, 6.07) is 57.8. The van der Waals surface area contributed by atoms with Gasteiger partial charge in [-0.15, -0.1) is 0 Å². The van der Waals surface area contributed by atoms with Gasteiger partial charge in [0, 0.05) is 32.8 Å². The molecular formula is C45H25N5. The Morgan fingerprint density at radius 3 is 1.78 bits per heavy atom. The molecule has 5 nitrogen and oxygen atoms in total. The largest absolute Gasteiger partial charge is 0.309 e. The molecule has 0 aliphatic rings. The first kappa shape index (κ1) is 28.8. The van der Waals surface area contributed by atoms with Gasteiger partial charge in [-0.05, 0) is 77.4 Å². The Hall–Kier alpha value is -7.39. The summed E-state index contributed by atoms with van der Waals surface area (Å²) in [5, 5.41) is 34.3. The van der Waals surface area contributed by atoms with Gasteiger partial charge in [0.25, 0.3) is 0 Å². The number of para-hydroxylation sites is 4. The molecule has 0 saturated heterocycles. The lowest BCUT2D eigenvalue weighted by Gasteiger charge is -2.18. The molecule has 9 rings (SSSR count). The van der Waals surface area contributed by atoms with Crippen LogP contribution in [0.1, 0.15) is 16.7 Å². The molecule has 0 N–H and O–H groups in total. The molecule has 9 aromatic rings. The van der Waals surface area contributed by atoms with Crippen molar-refractivity contribution in [2.24, 2.45) is 0 Å². The van der Waals surface area contributed by atoms with Gasteiger partial charge in [0.2, 0.25) is 0 Å². The van der Waals surface area contributed by atoms with Crippen LogP contribution in [0.3, 0.4) is 0 Å².